The van der Waals surface area contributed by atoms with E-state index in [-0.39, 0.29) is 6.03 Å². The lowest BCUT2D eigenvalue weighted by Gasteiger charge is -2.18. The molecule has 3 rings (SSSR count). The van der Waals surface area contributed by atoms with E-state index in [0.717, 1.165) is 34.4 Å². The summed E-state index contributed by atoms with van der Waals surface area (Å²) in [5.41, 5.74) is 2.20. The quantitative estimate of drug-likeness (QED) is 0.678. The van der Waals surface area contributed by atoms with Gasteiger partial charge in [-0.1, -0.05) is 37.3 Å². The fourth-order valence-corrected chi connectivity index (χ4v) is 3.74. The van der Waals surface area contributed by atoms with Crippen molar-refractivity contribution in [3.05, 3.63) is 69.7 Å². The predicted octanol–water partition coefficient (Wildman–Crippen LogP) is 3.60. The molecule has 0 atom stereocenters. The van der Waals surface area contributed by atoms with Crippen molar-refractivity contribution in [3.8, 4) is 0 Å². The molecule has 1 aromatic carbocycles. The first kappa shape index (κ1) is 19.1. The molecule has 2 amide bonds. The highest BCUT2D eigenvalue weighted by atomic mass is 32.1. The molecule has 7 heteroatoms. The summed E-state index contributed by atoms with van der Waals surface area (Å²) in [4.78, 5) is 24.1. The van der Waals surface area contributed by atoms with Crippen molar-refractivity contribution in [1.82, 2.24) is 24.8 Å². The van der Waals surface area contributed by atoms with Crippen molar-refractivity contribution in [2.75, 3.05) is 7.05 Å². The molecule has 0 bridgehead atoms. The molecule has 0 spiro atoms. The lowest BCUT2D eigenvalue weighted by molar-refractivity contribution is 0.205. The number of carbonyl (C=O) groups is 1. The molecule has 142 valence electrons. The predicted molar refractivity (Wildman–Crippen MR) is 108 cm³/mol. The van der Waals surface area contributed by atoms with Crippen LogP contribution < -0.4 is 5.32 Å². The highest BCUT2D eigenvalue weighted by Crippen LogP contribution is 2.18. The summed E-state index contributed by atoms with van der Waals surface area (Å²) in [5.74, 6) is 0.860. The van der Waals surface area contributed by atoms with Crippen LogP contribution in [0.2, 0.25) is 0 Å². The van der Waals surface area contributed by atoms with Gasteiger partial charge >= 0.3 is 6.03 Å². The largest absolute Gasteiger partial charge is 0.333 e. The molecule has 0 saturated heterocycles. The Morgan fingerprint density at radius 3 is 2.78 bits per heavy atom. The summed E-state index contributed by atoms with van der Waals surface area (Å²) in [6.45, 7) is 5.78. The Bertz CT molecular complexity index is 887. The van der Waals surface area contributed by atoms with Gasteiger partial charge in [-0.25, -0.2) is 14.8 Å². The molecule has 27 heavy (non-hydrogen) atoms. The smallest absolute Gasteiger partial charge is 0.317 e. The van der Waals surface area contributed by atoms with Gasteiger partial charge in [0, 0.05) is 30.9 Å². The molecule has 2 heterocycles. The van der Waals surface area contributed by atoms with Gasteiger partial charge in [-0.05, 0) is 18.9 Å². The van der Waals surface area contributed by atoms with E-state index in [2.05, 4.69) is 38.9 Å². The third kappa shape index (κ3) is 4.95. The van der Waals surface area contributed by atoms with E-state index in [9.17, 15) is 4.79 Å². The summed E-state index contributed by atoms with van der Waals surface area (Å²) in [6, 6.07) is 10.1. The van der Waals surface area contributed by atoms with Crippen LogP contribution in [-0.2, 0) is 26.1 Å². The average Bonchev–Trinajstić information content (AvgIpc) is 3.26. The van der Waals surface area contributed by atoms with Crippen LogP contribution in [0.15, 0.2) is 42.7 Å². The van der Waals surface area contributed by atoms with Gasteiger partial charge in [0.05, 0.1) is 23.8 Å². The topological polar surface area (TPSA) is 63.1 Å². The van der Waals surface area contributed by atoms with Gasteiger partial charge in [-0.2, -0.15) is 0 Å². The first-order valence-electron chi connectivity index (χ1n) is 9.05. The standard InChI is InChI=1S/C20H25N5OS/c1-4-19-23-15(2)17(27-19)12-22-20(26)24(3)14-18-21-10-11-25(18)13-16-8-6-5-7-9-16/h5-11H,4,12-14H2,1-3H3,(H,22,26). The third-order valence-corrected chi connectivity index (χ3v) is 5.66. The Morgan fingerprint density at radius 1 is 1.30 bits per heavy atom. The Balaban J connectivity index is 1.57. The minimum atomic E-state index is -0.116. The number of nitrogens with one attached hydrogen (secondary N) is 1. The number of amides is 2. The molecule has 0 saturated carbocycles. The van der Waals surface area contributed by atoms with E-state index in [4.69, 9.17) is 0 Å². The van der Waals surface area contributed by atoms with Crippen molar-refractivity contribution in [3.63, 3.8) is 0 Å². The SMILES string of the molecule is CCc1nc(C)c(CNC(=O)N(C)Cc2nccn2Cc2ccccc2)s1. The van der Waals surface area contributed by atoms with E-state index >= 15 is 0 Å². The van der Waals surface area contributed by atoms with Gasteiger partial charge < -0.3 is 14.8 Å². The molecule has 2 aromatic heterocycles. The summed E-state index contributed by atoms with van der Waals surface area (Å²) in [6.07, 6.45) is 4.64. The van der Waals surface area contributed by atoms with E-state index < -0.39 is 0 Å². The number of rotatable bonds is 7. The number of aryl methyl sites for hydroxylation is 2. The number of aromatic nitrogens is 3. The van der Waals surface area contributed by atoms with Crippen LogP contribution in [0.5, 0.6) is 0 Å². The molecule has 0 aliphatic heterocycles. The minimum Gasteiger partial charge on any atom is -0.333 e. The maximum atomic E-state index is 12.5. The second-order valence-electron chi connectivity index (χ2n) is 6.44. The summed E-state index contributed by atoms with van der Waals surface area (Å²) < 4.78 is 2.07. The Labute approximate surface area is 163 Å². The van der Waals surface area contributed by atoms with Gasteiger partial charge in [0.2, 0.25) is 0 Å². The van der Waals surface area contributed by atoms with E-state index in [1.165, 1.54) is 5.56 Å². The van der Waals surface area contributed by atoms with Crippen molar-refractivity contribution >= 4 is 17.4 Å². The van der Waals surface area contributed by atoms with Crippen molar-refractivity contribution in [2.24, 2.45) is 0 Å². The van der Waals surface area contributed by atoms with Crippen LogP contribution >= 0.6 is 11.3 Å². The molecular formula is C20H25N5OS. The number of hydrogen-bond acceptors (Lipinski definition) is 4. The number of imidazole rings is 1. The molecule has 0 fully saturated rings. The van der Waals surface area contributed by atoms with Crippen LogP contribution in [-0.4, -0.2) is 32.5 Å². The van der Waals surface area contributed by atoms with Crippen molar-refractivity contribution in [1.29, 1.82) is 0 Å². The molecule has 6 nitrogen and oxygen atoms in total. The normalized spacial score (nSPS) is 10.8. The van der Waals surface area contributed by atoms with Crippen molar-refractivity contribution in [2.45, 2.75) is 39.9 Å². The lowest BCUT2D eigenvalue weighted by atomic mass is 10.2. The number of nitrogens with zero attached hydrogens (tertiary/aromatic N) is 4. The van der Waals surface area contributed by atoms with Crippen LogP contribution in [0.4, 0.5) is 4.79 Å². The second kappa shape index (κ2) is 8.81. The Kier molecular flexibility index (Phi) is 6.24. The fourth-order valence-electron chi connectivity index (χ4n) is 2.79. The van der Waals surface area contributed by atoms with Gasteiger partial charge in [0.15, 0.2) is 0 Å². The highest BCUT2D eigenvalue weighted by molar-refractivity contribution is 7.11. The molecule has 1 N–H and O–H groups in total. The third-order valence-electron chi connectivity index (χ3n) is 4.36. The van der Waals surface area contributed by atoms with E-state index in [1.54, 1.807) is 29.5 Å². The van der Waals surface area contributed by atoms with E-state index in [1.807, 2.05) is 31.3 Å². The number of hydrogen-bond donors (Lipinski definition) is 1. The maximum absolute atomic E-state index is 12.5. The van der Waals surface area contributed by atoms with Crippen LogP contribution in [0.25, 0.3) is 0 Å². The monoisotopic (exact) mass is 383 g/mol. The first-order chi connectivity index (χ1) is 13.1. The molecule has 0 aliphatic carbocycles. The summed E-state index contributed by atoms with van der Waals surface area (Å²) in [5, 5.41) is 4.08. The van der Waals surface area contributed by atoms with Crippen LogP contribution in [0.3, 0.4) is 0 Å². The van der Waals surface area contributed by atoms with Gasteiger partial charge in [-0.3, -0.25) is 0 Å². The number of urea groups is 1. The minimum absolute atomic E-state index is 0.116. The lowest BCUT2D eigenvalue weighted by Crippen LogP contribution is -2.37. The zero-order valence-electron chi connectivity index (χ0n) is 16.0. The zero-order chi connectivity index (χ0) is 19.2. The van der Waals surface area contributed by atoms with Gasteiger partial charge in [0.1, 0.15) is 5.82 Å². The molecule has 0 radical (unpaired) electrons. The first-order valence-corrected chi connectivity index (χ1v) is 9.86. The van der Waals surface area contributed by atoms with Crippen LogP contribution in [0, 0.1) is 6.92 Å². The van der Waals surface area contributed by atoms with E-state index in [0.29, 0.717) is 13.1 Å². The number of carbonyl (C=O) groups excluding carboxylic acids is 1. The highest BCUT2D eigenvalue weighted by Gasteiger charge is 2.14. The van der Waals surface area contributed by atoms with Gasteiger partial charge in [-0.15, -0.1) is 11.3 Å². The maximum Gasteiger partial charge on any atom is 0.317 e. The summed E-state index contributed by atoms with van der Waals surface area (Å²) >= 11 is 1.66. The fraction of sp³-hybridized carbons (Fsp3) is 0.350. The molecule has 0 aliphatic rings. The molecular weight excluding hydrogens is 358 g/mol. The summed E-state index contributed by atoms with van der Waals surface area (Å²) in [7, 11) is 1.79. The second-order valence-corrected chi connectivity index (χ2v) is 7.61. The molecule has 0 unspecified atom stereocenters. The number of thiazole rings is 1. The van der Waals surface area contributed by atoms with Gasteiger partial charge in [0.25, 0.3) is 0 Å². The average molecular weight is 384 g/mol. The Hall–Kier alpha value is -2.67. The number of benzene rings is 1. The Morgan fingerprint density at radius 2 is 2.07 bits per heavy atom. The molecule has 3 aromatic rings. The zero-order valence-corrected chi connectivity index (χ0v) is 16.8. The van der Waals surface area contributed by atoms with Crippen molar-refractivity contribution < 1.29 is 4.79 Å². The van der Waals surface area contributed by atoms with Crippen LogP contribution in [0.1, 0.15) is 33.9 Å².